The topological polar surface area (TPSA) is 116 Å². The maximum Gasteiger partial charge on any atom is 0.331 e. The Bertz CT molecular complexity index is 1080. The highest BCUT2D eigenvalue weighted by Crippen LogP contribution is 2.16. The number of rotatable bonds is 8. The molecule has 0 fully saturated rings. The summed E-state index contributed by atoms with van der Waals surface area (Å²) in [5.41, 5.74) is 1.90. The summed E-state index contributed by atoms with van der Waals surface area (Å²) in [6.07, 6.45) is 6.13. The van der Waals surface area contributed by atoms with Crippen LogP contribution in [0.2, 0.25) is 0 Å². The van der Waals surface area contributed by atoms with E-state index in [-0.39, 0.29) is 11.4 Å². The number of nitro groups is 1. The van der Waals surface area contributed by atoms with E-state index in [0.717, 1.165) is 5.56 Å². The van der Waals surface area contributed by atoms with Gasteiger partial charge in [0.25, 0.3) is 11.6 Å². The second kappa shape index (κ2) is 9.78. The van der Waals surface area contributed by atoms with E-state index in [9.17, 15) is 19.7 Å². The van der Waals surface area contributed by atoms with Gasteiger partial charge in [-0.3, -0.25) is 19.6 Å². The van der Waals surface area contributed by atoms with Crippen LogP contribution in [0, 0.1) is 10.1 Å². The number of aromatic nitrogens is 2. The van der Waals surface area contributed by atoms with Gasteiger partial charge >= 0.3 is 5.97 Å². The second-order valence-electron chi connectivity index (χ2n) is 6.25. The lowest BCUT2D eigenvalue weighted by Crippen LogP contribution is -2.20. The zero-order valence-corrected chi connectivity index (χ0v) is 15.8. The number of nitrogens with zero attached hydrogens (tertiary/aromatic N) is 3. The number of carbonyl (C=O) groups is 2. The molecular weight excluding hydrogens is 388 g/mol. The fourth-order valence-electron chi connectivity index (χ4n) is 2.57. The number of nitrogens with one attached hydrogen (secondary N) is 1. The van der Waals surface area contributed by atoms with Gasteiger partial charge in [-0.05, 0) is 17.7 Å². The van der Waals surface area contributed by atoms with Crippen molar-refractivity contribution in [3.05, 3.63) is 94.3 Å². The number of anilines is 1. The van der Waals surface area contributed by atoms with E-state index in [0.29, 0.717) is 12.1 Å². The van der Waals surface area contributed by atoms with Crippen molar-refractivity contribution in [1.82, 2.24) is 9.78 Å². The molecule has 0 saturated heterocycles. The van der Waals surface area contributed by atoms with Crippen LogP contribution >= 0.6 is 0 Å². The van der Waals surface area contributed by atoms with Gasteiger partial charge in [-0.2, -0.15) is 5.10 Å². The molecule has 0 saturated carbocycles. The Morgan fingerprint density at radius 3 is 2.73 bits per heavy atom. The smallest absolute Gasteiger partial charge is 0.331 e. The van der Waals surface area contributed by atoms with Crippen LogP contribution in [0.15, 0.2) is 73.1 Å². The Hall–Kier alpha value is -4.27. The van der Waals surface area contributed by atoms with Crippen LogP contribution in [0.3, 0.4) is 0 Å². The molecule has 0 aliphatic carbocycles. The Labute approximate surface area is 171 Å². The fraction of sp³-hybridized carbons (Fsp3) is 0.0952. The van der Waals surface area contributed by atoms with E-state index in [4.69, 9.17) is 4.74 Å². The van der Waals surface area contributed by atoms with Gasteiger partial charge in [0.15, 0.2) is 6.61 Å². The predicted octanol–water partition coefficient (Wildman–Crippen LogP) is 3.03. The minimum absolute atomic E-state index is 0.152. The van der Waals surface area contributed by atoms with Crippen molar-refractivity contribution in [1.29, 1.82) is 0 Å². The molecule has 3 aromatic rings. The number of esters is 1. The molecule has 0 spiro atoms. The molecule has 1 N–H and O–H groups in total. The molecule has 9 nitrogen and oxygen atoms in total. The molecule has 3 rings (SSSR count). The summed E-state index contributed by atoms with van der Waals surface area (Å²) >= 11 is 0. The molecule has 1 aromatic heterocycles. The molecule has 0 unspecified atom stereocenters. The largest absolute Gasteiger partial charge is 0.452 e. The van der Waals surface area contributed by atoms with Gasteiger partial charge in [0.1, 0.15) is 0 Å². The molecule has 1 amide bonds. The number of benzene rings is 2. The summed E-state index contributed by atoms with van der Waals surface area (Å²) in [5.74, 6) is -1.30. The number of amides is 1. The SMILES string of the molecule is O=C(COC(=O)/C=C/c1cnn(Cc2ccccc2)c1)Nc1cccc([N+](=O)[O-])c1. The first-order chi connectivity index (χ1) is 14.5. The van der Waals surface area contributed by atoms with Crippen LogP contribution in [0.4, 0.5) is 11.4 Å². The number of hydrogen-bond donors (Lipinski definition) is 1. The standard InChI is InChI=1S/C21H18N4O5/c26-20(23-18-7-4-8-19(11-18)25(28)29)15-30-21(27)10-9-17-12-22-24(14-17)13-16-5-2-1-3-6-16/h1-12,14H,13,15H2,(H,23,26)/b10-9+. The first-order valence-electron chi connectivity index (χ1n) is 8.95. The number of non-ortho nitro benzene ring substituents is 1. The zero-order valence-electron chi connectivity index (χ0n) is 15.8. The minimum atomic E-state index is -0.694. The summed E-state index contributed by atoms with van der Waals surface area (Å²) in [7, 11) is 0. The van der Waals surface area contributed by atoms with Crippen molar-refractivity contribution in [3.63, 3.8) is 0 Å². The highest BCUT2D eigenvalue weighted by Gasteiger charge is 2.09. The molecule has 0 bridgehead atoms. The van der Waals surface area contributed by atoms with Crippen molar-refractivity contribution in [2.75, 3.05) is 11.9 Å². The van der Waals surface area contributed by atoms with Crippen molar-refractivity contribution >= 4 is 29.3 Å². The Balaban J connectivity index is 1.46. The molecule has 9 heteroatoms. The lowest BCUT2D eigenvalue weighted by atomic mass is 10.2. The van der Waals surface area contributed by atoms with Gasteiger partial charge in [0, 0.05) is 35.7 Å². The molecule has 0 aliphatic heterocycles. The van der Waals surface area contributed by atoms with Crippen LogP contribution in [0.5, 0.6) is 0 Å². The number of carbonyl (C=O) groups excluding carboxylic acids is 2. The molecule has 30 heavy (non-hydrogen) atoms. The van der Waals surface area contributed by atoms with Crippen LogP contribution in [-0.4, -0.2) is 33.2 Å². The van der Waals surface area contributed by atoms with E-state index >= 15 is 0 Å². The molecule has 152 valence electrons. The van der Waals surface area contributed by atoms with Crippen molar-refractivity contribution < 1.29 is 19.2 Å². The summed E-state index contributed by atoms with van der Waals surface area (Å²) in [4.78, 5) is 33.8. The summed E-state index contributed by atoms with van der Waals surface area (Å²) < 4.78 is 6.62. The Morgan fingerprint density at radius 2 is 1.97 bits per heavy atom. The highest BCUT2D eigenvalue weighted by atomic mass is 16.6. The minimum Gasteiger partial charge on any atom is -0.452 e. The third-order valence-corrected chi connectivity index (χ3v) is 3.94. The van der Waals surface area contributed by atoms with Crippen molar-refractivity contribution in [2.24, 2.45) is 0 Å². The molecule has 1 heterocycles. The lowest BCUT2D eigenvalue weighted by molar-refractivity contribution is -0.384. The molecule has 0 radical (unpaired) electrons. The van der Waals surface area contributed by atoms with Crippen LogP contribution < -0.4 is 5.32 Å². The van der Waals surface area contributed by atoms with Gasteiger partial charge < -0.3 is 10.1 Å². The first-order valence-corrected chi connectivity index (χ1v) is 8.95. The summed E-state index contributed by atoms with van der Waals surface area (Å²) in [6, 6.07) is 15.3. The van der Waals surface area contributed by atoms with Gasteiger partial charge in [0.05, 0.1) is 17.7 Å². The van der Waals surface area contributed by atoms with Crippen LogP contribution in [0.1, 0.15) is 11.1 Å². The van der Waals surface area contributed by atoms with Crippen LogP contribution in [-0.2, 0) is 20.9 Å². The van der Waals surface area contributed by atoms with E-state index < -0.39 is 23.4 Å². The fourth-order valence-corrected chi connectivity index (χ4v) is 2.57. The van der Waals surface area contributed by atoms with E-state index in [1.807, 2.05) is 30.3 Å². The summed E-state index contributed by atoms with van der Waals surface area (Å²) in [6.45, 7) is 0.0933. The zero-order chi connectivity index (χ0) is 21.3. The lowest BCUT2D eigenvalue weighted by Gasteiger charge is -2.05. The van der Waals surface area contributed by atoms with Gasteiger partial charge in [-0.25, -0.2) is 4.79 Å². The van der Waals surface area contributed by atoms with Gasteiger partial charge in [-0.1, -0.05) is 36.4 Å². The molecule has 0 atom stereocenters. The molecule has 0 aliphatic rings. The summed E-state index contributed by atoms with van der Waals surface area (Å²) in [5, 5.41) is 17.4. The Morgan fingerprint density at radius 1 is 1.17 bits per heavy atom. The monoisotopic (exact) mass is 406 g/mol. The number of ether oxygens (including phenoxy) is 1. The van der Waals surface area contributed by atoms with Crippen LogP contribution in [0.25, 0.3) is 6.08 Å². The van der Waals surface area contributed by atoms with E-state index in [1.54, 1.807) is 17.1 Å². The highest BCUT2D eigenvalue weighted by molar-refractivity contribution is 5.94. The third kappa shape index (κ3) is 6.13. The number of nitro benzene ring substituents is 1. The molecular formula is C21H18N4O5. The van der Waals surface area contributed by atoms with Gasteiger partial charge in [-0.15, -0.1) is 0 Å². The third-order valence-electron chi connectivity index (χ3n) is 3.94. The van der Waals surface area contributed by atoms with Gasteiger partial charge in [0.2, 0.25) is 0 Å². The normalized spacial score (nSPS) is 10.7. The van der Waals surface area contributed by atoms with Crippen molar-refractivity contribution in [3.8, 4) is 0 Å². The Kier molecular flexibility index (Phi) is 6.67. The quantitative estimate of drug-likeness (QED) is 0.266. The first kappa shape index (κ1) is 20.5. The van der Waals surface area contributed by atoms with Crippen molar-refractivity contribution in [2.45, 2.75) is 6.54 Å². The number of hydrogen-bond acceptors (Lipinski definition) is 6. The average Bonchev–Trinajstić information content (AvgIpc) is 3.19. The van der Waals surface area contributed by atoms with E-state index in [1.165, 1.54) is 36.4 Å². The predicted molar refractivity (Wildman–Crippen MR) is 109 cm³/mol. The maximum absolute atomic E-state index is 11.9. The second-order valence-corrected chi connectivity index (χ2v) is 6.25. The molecule has 2 aromatic carbocycles. The average molecular weight is 406 g/mol. The van der Waals surface area contributed by atoms with E-state index in [2.05, 4.69) is 10.4 Å². The maximum atomic E-state index is 11.9.